The molecule has 4 saturated carbocycles. The van der Waals surface area contributed by atoms with Gasteiger partial charge in [-0.2, -0.15) is 0 Å². The molecule has 1 aromatic heterocycles. The van der Waals surface area contributed by atoms with Gasteiger partial charge in [0.05, 0.1) is 16.7 Å². The van der Waals surface area contributed by atoms with E-state index < -0.39 is 0 Å². The maximum Gasteiger partial charge on any atom is 0.262 e. The third kappa shape index (κ3) is 4.08. The average molecular weight is 459 g/mol. The van der Waals surface area contributed by atoms with Crippen molar-refractivity contribution in [3.63, 3.8) is 0 Å². The number of nitrogens with zero attached hydrogens (tertiary/aromatic N) is 2. The van der Waals surface area contributed by atoms with Crippen molar-refractivity contribution in [3.8, 4) is 0 Å². The molecule has 0 unspecified atom stereocenters. The van der Waals surface area contributed by atoms with Crippen molar-refractivity contribution in [2.75, 3.05) is 5.75 Å². The zero-order chi connectivity index (χ0) is 21.8. The van der Waals surface area contributed by atoms with E-state index in [0.717, 1.165) is 43.4 Å². The second-order valence-electron chi connectivity index (χ2n) is 10.6. The first-order valence-corrected chi connectivity index (χ1v) is 13.1. The molecule has 2 aromatic rings. The third-order valence-electron chi connectivity index (χ3n) is 7.77. The van der Waals surface area contributed by atoms with Gasteiger partial charge < -0.3 is 0 Å². The number of Topliss-reactive ketones (excluding diaryl/α,β-unsaturated/α-hetero) is 1. The van der Waals surface area contributed by atoms with E-state index in [2.05, 4.69) is 13.8 Å². The Kier molecular flexibility index (Phi) is 5.71. The van der Waals surface area contributed by atoms with E-state index >= 15 is 0 Å². The van der Waals surface area contributed by atoms with E-state index in [1.807, 2.05) is 0 Å². The van der Waals surface area contributed by atoms with Crippen molar-refractivity contribution in [3.05, 3.63) is 33.6 Å². The first kappa shape index (κ1) is 21.5. The van der Waals surface area contributed by atoms with Crippen LogP contribution in [0.25, 0.3) is 10.9 Å². The van der Waals surface area contributed by atoms with E-state index in [1.165, 1.54) is 31.0 Å². The molecule has 4 fully saturated rings. The van der Waals surface area contributed by atoms with Crippen molar-refractivity contribution in [2.24, 2.45) is 29.1 Å². The van der Waals surface area contributed by atoms with Gasteiger partial charge in [0.25, 0.3) is 5.56 Å². The van der Waals surface area contributed by atoms with Gasteiger partial charge in [-0.1, -0.05) is 37.2 Å². The van der Waals surface area contributed by atoms with Crippen LogP contribution in [0.4, 0.5) is 0 Å². The van der Waals surface area contributed by atoms with E-state index in [1.54, 1.807) is 22.8 Å². The van der Waals surface area contributed by atoms with E-state index in [0.29, 0.717) is 45.1 Å². The number of halogens is 1. The average Bonchev–Trinajstić information content (AvgIpc) is 2.70. The number of fused-ring (bicyclic) bond motifs is 1. The van der Waals surface area contributed by atoms with Gasteiger partial charge in [0.15, 0.2) is 5.16 Å². The maximum absolute atomic E-state index is 13.5. The quantitative estimate of drug-likeness (QED) is 0.378. The summed E-state index contributed by atoms with van der Waals surface area (Å²) in [7, 11) is 0. The van der Waals surface area contributed by atoms with Crippen molar-refractivity contribution in [1.82, 2.24) is 9.55 Å². The van der Waals surface area contributed by atoms with Gasteiger partial charge in [0.2, 0.25) is 0 Å². The minimum absolute atomic E-state index is 0.0351. The van der Waals surface area contributed by atoms with Crippen LogP contribution in [-0.4, -0.2) is 21.1 Å². The van der Waals surface area contributed by atoms with Crippen LogP contribution >= 0.6 is 23.4 Å². The van der Waals surface area contributed by atoms with Gasteiger partial charge in [0.1, 0.15) is 5.78 Å². The largest absolute Gasteiger partial charge is 0.298 e. The Hall–Kier alpha value is -1.33. The second kappa shape index (κ2) is 8.22. The lowest BCUT2D eigenvalue weighted by molar-refractivity contribution is -0.141. The summed E-state index contributed by atoms with van der Waals surface area (Å²) in [4.78, 5) is 31.5. The number of ketones is 1. The molecule has 0 amide bonds. The van der Waals surface area contributed by atoms with Crippen molar-refractivity contribution < 1.29 is 4.79 Å². The Balaban J connectivity index is 1.42. The fraction of sp³-hybridized carbons (Fsp3) is 0.640. The summed E-state index contributed by atoms with van der Waals surface area (Å²) >= 11 is 7.61. The molecule has 4 nitrogen and oxygen atoms in total. The summed E-state index contributed by atoms with van der Waals surface area (Å²) in [6.45, 7) is 4.93. The van der Waals surface area contributed by atoms with Crippen LogP contribution in [0.5, 0.6) is 0 Å². The molecule has 0 N–H and O–H groups in total. The smallest absolute Gasteiger partial charge is 0.262 e. The van der Waals surface area contributed by atoms with E-state index in [4.69, 9.17) is 16.6 Å². The lowest BCUT2D eigenvalue weighted by atomic mass is 9.48. The minimum atomic E-state index is -0.106. The zero-order valence-corrected chi connectivity index (χ0v) is 20.0. The Morgan fingerprint density at radius 1 is 1.19 bits per heavy atom. The summed E-state index contributed by atoms with van der Waals surface area (Å²) in [5.74, 6) is 3.54. The van der Waals surface area contributed by atoms with Crippen LogP contribution in [0.3, 0.4) is 0 Å². The molecule has 4 aliphatic rings. The van der Waals surface area contributed by atoms with Gasteiger partial charge in [-0.15, -0.1) is 0 Å². The van der Waals surface area contributed by atoms with Crippen LogP contribution in [0, 0.1) is 29.1 Å². The number of carbonyl (C=O) groups excluding carboxylic acids is 1. The summed E-state index contributed by atoms with van der Waals surface area (Å²) in [5.41, 5.74) is 0.473. The van der Waals surface area contributed by atoms with E-state index in [9.17, 15) is 9.59 Å². The predicted octanol–water partition coefficient (Wildman–Crippen LogP) is 5.97. The molecule has 31 heavy (non-hydrogen) atoms. The topological polar surface area (TPSA) is 52.0 Å². The van der Waals surface area contributed by atoms with E-state index in [-0.39, 0.29) is 11.0 Å². The monoisotopic (exact) mass is 458 g/mol. The van der Waals surface area contributed by atoms with Crippen molar-refractivity contribution in [1.29, 1.82) is 0 Å². The van der Waals surface area contributed by atoms with Crippen LogP contribution in [-0.2, 0) is 11.3 Å². The molecule has 4 aliphatic carbocycles. The van der Waals surface area contributed by atoms with Crippen LogP contribution in [0.15, 0.2) is 28.2 Å². The van der Waals surface area contributed by atoms with Crippen LogP contribution in [0.1, 0.15) is 58.8 Å². The second-order valence-corrected chi connectivity index (χ2v) is 12.0. The first-order chi connectivity index (χ1) is 14.8. The fourth-order valence-electron chi connectivity index (χ4n) is 6.60. The minimum Gasteiger partial charge on any atom is -0.298 e. The number of hydrogen-bond donors (Lipinski definition) is 0. The van der Waals surface area contributed by atoms with Gasteiger partial charge in [0, 0.05) is 17.0 Å². The Morgan fingerprint density at radius 3 is 2.45 bits per heavy atom. The van der Waals surface area contributed by atoms with Crippen molar-refractivity contribution in [2.45, 2.75) is 70.5 Å². The highest BCUT2D eigenvalue weighted by Crippen LogP contribution is 2.60. The number of benzene rings is 1. The normalized spacial score (nSPS) is 29.2. The molecule has 6 rings (SSSR count). The lowest BCUT2D eigenvalue weighted by Gasteiger charge is -2.56. The number of hydrogen-bond acceptors (Lipinski definition) is 4. The molecule has 0 radical (unpaired) electrons. The molecule has 166 valence electrons. The molecule has 1 aromatic carbocycles. The summed E-state index contributed by atoms with van der Waals surface area (Å²) in [6, 6.07) is 5.24. The van der Waals surface area contributed by atoms with Crippen molar-refractivity contribution >= 4 is 40.0 Å². The number of rotatable bonds is 7. The number of aromatic nitrogens is 2. The van der Waals surface area contributed by atoms with Gasteiger partial charge in [-0.3, -0.25) is 14.2 Å². The summed E-state index contributed by atoms with van der Waals surface area (Å²) in [6.07, 6.45) is 8.15. The summed E-state index contributed by atoms with van der Waals surface area (Å²) < 4.78 is 1.77. The zero-order valence-electron chi connectivity index (χ0n) is 18.4. The van der Waals surface area contributed by atoms with Gasteiger partial charge >= 0.3 is 0 Å². The molecule has 0 atom stereocenters. The molecule has 1 heterocycles. The van der Waals surface area contributed by atoms with Gasteiger partial charge in [-0.25, -0.2) is 4.98 Å². The molecular weight excluding hydrogens is 428 g/mol. The molecule has 4 bridgehead atoms. The molecule has 0 saturated heterocycles. The highest BCUT2D eigenvalue weighted by molar-refractivity contribution is 7.99. The lowest BCUT2D eigenvalue weighted by Crippen LogP contribution is -2.50. The Morgan fingerprint density at radius 2 is 1.84 bits per heavy atom. The number of carbonyl (C=O) groups is 1. The molecule has 0 spiro atoms. The molecule has 6 heteroatoms. The van der Waals surface area contributed by atoms with Crippen LogP contribution in [0.2, 0.25) is 5.02 Å². The highest BCUT2D eigenvalue weighted by Gasteiger charge is 2.54. The Bertz CT molecular complexity index is 1040. The first-order valence-electron chi connectivity index (χ1n) is 11.7. The molecule has 0 aliphatic heterocycles. The Labute approximate surface area is 193 Å². The molecular formula is C25H31ClN2O2S. The fourth-order valence-corrected chi connectivity index (χ4v) is 7.83. The predicted molar refractivity (Wildman–Crippen MR) is 127 cm³/mol. The maximum atomic E-state index is 13.5. The SMILES string of the molecule is CC(C)CCn1c(SCC(=O)C23CC4CC(CC(C4)C2)C3)nc2cc(Cl)ccc2c1=O. The summed E-state index contributed by atoms with van der Waals surface area (Å²) in [5, 5.41) is 1.81. The third-order valence-corrected chi connectivity index (χ3v) is 8.99. The van der Waals surface area contributed by atoms with Crippen LogP contribution < -0.4 is 5.56 Å². The standard InChI is InChI=1S/C25H31ClN2O2S/c1-15(2)5-6-28-23(30)20-4-3-19(26)10-21(20)27-24(28)31-14-22(29)25-11-16-7-17(12-25)9-18(8-16)13-25/h3-4,10,15-18H,5-9,11-14H2,1-2H3. The van der Waals surface area contributed by atoms with Gasteiger partial charge in [-0.05, 0) is 86.8 Å². The number of thioether (sulfide) groups is 1. The highest BCUT2D eigenvalue weighted by atomic mass is 35.5.